The van der Waals surface area contributed by atoms with Crippen LogP contribution in [0.25, 0.3) is 0 Å². The van der Waals surface area contributed by atoms with Crippen LogP contribution in [0.3, 0.4) is 0 Å². The fraction of sp³-hybridized carbons (Fsp3) is 0.389. The summed E-state index contributed by atoms with van der Waals surface area (Å²) in [6, 6.07) is 9.34. The Balaban J connectivity index is 2.06. The van der Waals surface area contributed by atoms with Crippen LogP contribution >= 0.6 is 22.9 Å². The van der Waals surface area contributed by atoms with Gasteiger partial charge in [0.2, 0.25) is 0 Å². The van der Waals surface area contributed by atoms with E-state index in [1.807, 2.05) is 36.6 Å². The van der Waals surface area contributed by atoms with Crippen LogP contribution in [0.1, 0.15) is 24.3 Å². The van der Waals surface area contributed by atoms with E-state index in [1.54, 1.807) is 20.1 Å². The van der Waals surface area contributed by atoms with Crippen molar-refractivity contribution >= 4 is 28.9 Å². The maximum Gasteiger partial charge on any atom is 0.191 e. The number of methoxy groups -OCH3 is 1. The van der Waals surface area contributed by atoms with E-state index >= 15 is 0 Å². The van der Waals surface area contributed by atoms with Crippen molar-refractivity contribution in [3.63, 3.8) is 0 Å². The number of rotatable bonds is 7. The van der Waals surface area contributed by atoms with Gasteiger partial charge in [-0.2, -0.15) is 0 Å². The summed E-state index contributed by atoms with van der Waals surface area (Å²) in [5.74, 6) is 1.34. The fourth-order valence-corrected chi connectivity index (χ4v) is 3.23. The third-order valence-electron chi connectivity index (χ3n) is 3.65. The van der Waals surface area contributed by atoms with Crippen LogP contribution in [-0.4, -0.2) is 31.3 Å². The van der Waals surface area contributed by atoms with Crippen molar-refractivity contribution in [3.05, 3.63) is 51.2 Å². The van der Waals surface area contributed by atoms with Crippen molar-refractivity contribution in [1.82, 2.24) is 10.6 Å². The molecule has 0 aliphatic rings. The van der Waals surface area contributed by atoms with Crippen molar-refractivity contribution in [2.45, 2.75) is 26.0 Å². The molecule has 3 N–H and O–H groups in total. The molecule has 2 aromatic rings. The molecular weight excluding hydrogens is 358 g/mol. The first-order chi connectivity index (χ1) is 12.0. The Morgan fingerprint density at radius 1 is 1.36 bits per heavy atom. The summed E-state index contributed by atoms with van der Waals surface area (Å²) in [6.45, 7) is 5.31. The lowest BCUT2D eigenvalue weighted by Crippen LogP contribution is -2.44. The summed E-state index contributed by atoms with van der Waals surface area (Å²) in [6.07, 6.45) is 0. The van der Waals surface area contributed by atoms with Gasteiger partial charge in [-0.1, -0.05) is 23.7 Å². The molecule has 1 unspecified atom stereocenters. The molecule has 0 spiro atoms. The van der Waals surface area contributed by atoms with E-state index in [4.69, 9.17) is 16.3 Å². The third kappa shape index (κ3) is 5.63. The number of benzene rings is 1. The highest BCUT2D eigenvalue weighted by molar-refractivity contribution is 7.10. The Morgan fingerprint density at radius 3 is 2.80 bits per heavy atom. The predicted molar refractivity (Wildman–Crippen MR) is 105 cm³/mol. The molecule has 5 nitrogen and oxygen atoms in total. The van der Waals surface area contributed by atoms with E-state index in [2.05, 4.69) is 15.6 Å². The van der Waals surface area contributed by atoms with Gasteiger partial charge in [-0.05, 0) is 37.4 Å². The molecule has 0 aliphatic carbocycles. The number of nitrogens with one attached hydrogen (secondary N) is 2. The van der Waals surface area contributed by atoms with Crippen molar-refractivity contribution in [3.8, 4) is 5.75 Å². The Labute approximate surface area is 157 Å². The highest BCUT2D eigenvalue weighted by Crippen LogP contribution is 2.25. The molecule has 0 aliphatic heterocycles. The van der Waals surface area contributed by atoms with Crippen LogP contribution in [-0.2, 0) is 12.1 Å². The smallest absolute Gasteiger partial charge is 0.191 e. The molecular formula is C18H24ClN3O2S. The molecule has 2 rings (SSSR count). The van der Waals surface area contributed by atoms with Gasteiger partial charge in [0, 0.05) is 22.0 Å². The van der Waals surface area contributed by atoms with Gasteiger partial charge in [0.05, 0.1) is 20.2 Å². The normalized spacial score (nSPS) is 14.0. The standard InChI is InChI=1S/C18H24ClN3O2S/c1-4-20-17(22-12-18(2,23)16-6-5-9-25-16)21-11-13-7-8-14(19)10-15(13)24-3/h5-10,23H,4,11-12H2,1-3H3,(H2,20,21,22). The lowest BCUT2D eigenvalue weighted by Gasteiger charge is -2.23. The number of guanidine groups is 1. The van der Waals surface area contributed by atoms with E-state index in [-0.39, 0.29) is 0 Å². The third-order valence-corrected chi connectivity index (χ3v) is 5.01. The minimum absolute atomic E-state index is 0.358. The second-order valence-electron chi connectivity index (χ2n) is 5.76. The lowest BCUT2D eigenvalue weighted by atomic mass is 10.1. The van der Waals surface area contributed by atoms with Gasteiger partial charge in [-0.15, -0.1) is 11.3 Å². The van der Waals surface area contributed by atoms with Gasteiger partial charge in [-0.3, -0.25) is 0 Å². The molecule has 1 heterocycles. The number of ether oxygens (including phenoxy) is 1. The van der Waals surface area contributed by atoms with Gasteiger partial charge in [0.15, 0.2) is 5.96 Å². The molecule has 1 aromatic carbocycles. The summed E-state index contributed by atoms with van der Waals surface area (Å²) in [5.41, 5.74) is -0.0170. The number of hydrogen-bond acceptors (Lipinski definition) is 4. The van der Waals surface area contributed by atoms with Crippen LogP contribution in [0, 0.1) is 0 Å². The van der Waals surface area contributed by atoms with E-state index < -0.39 is 5.60 Å². The van der Waals surface area contributed by atoms with Crippen LogP contribution < -0.4 is 15.4 Å². The van der Waals surface area contributed by atoms with Crippen LogP contribution in [0.15, 0.2) is 40.7 Å². The minimum atomic E-state index is -0.956. The summed E-state index contributed by atoms with van der Waals surface area (Å²) in [7, 11) is 1.61. The highest BCUT2D eigenvalue weighted by atomic mass is 35.5. The summed E-state index contributed by atoms with van der Waals surface area (Å²) in [5, 5.41) is 19.6. The van der Waals surface area contributed by atoms with E-state index in [0.29, 0.717) is 29.8 Å². The zero-order valence-corrected chi connectivity index (χ0v) is 16.2. The summed E-state index contributed by atoms with van der Waals surface area (Å²) >= 11 is 7.52. The quantitative estimate of drug-likeness (QED) is 0.508. The number of halogens is 1. The lowest BCUT2D eigenvalue weighted by molar-refractivity contribution is 0.0655. The minimum Gasteiger partial charge on any atom is -0.496 e. The van der Waals surface area contributed by atoms with Crippen LogP contribution in [0.4, 0.5) is 0 Å². The SMILES string of the molecule is CCNC(=NCc1ccc(Cl)cc1OC)NCC(C)(O)c1cccs1. The molecule has 25 heavy (non-hydrogen) atoms. The van der Waals surface area contributed by atoms with E-state index in [0.717, 1.165) is 17.0 Å². The number of hydrogen-bond donors (Lipinski definition) is 3. The second kappa shape index (κ2) is 9.08. The molecule has 0 radical (unpaired) electrons. The maximum absolute atomic E-state index is 10.6. The first-order valence-corrected chi connectivity index (χ1v) is 9.33. The molecule has 7 heteroatoms. The summed E-state index contributed by atoms with van der Waals surface area (Å²) < 4.78 is 5.35. The Kier molecular flexibility index (Phi) is 7.11. The molecule has 0 saturated heterocycles. The zero-order valence-electron chi connectivity index (χ0n) is 14.7. The van der Waals surface area contributed by atoms with Crippen molar-refractivity contribution in [1.29, 1.82) is 0 Å². The molecule has 1 atom stereocenters. The Hall–Kier alpha value is -1.76. The topological polar surface area (TPSA) is 65.9 Å². The van der Waals surface area contributed by atoms with Crippen molar-refractivity contribution < 1.29 is 9.84 Å². The number of aliphatic hydroxyl groups is 1. The average Bonchev–Trinajstić information content (AvgIpc) is 3.13. The number of thiophene rings is 1. The molecule has 1 aromatic heterocycles. The predicted octanol–water partition coefficient (Wildman–Crippen LogP) is 3.37. The molecule has 0 bridgehead atoms. The Bertz CT molecular complexity index is 702. The van der Waals surface area contributed by atoms with E-state index in [9.17, 15) is 5.11 Å². The molecule has 0 saturated carbocycles. The van der Waals surface area contributed by atoms with Crippen molar-refractivity contribution in [2.24, 2.45) is 4.99 Å². The Morgan fingerprint density at radius 2 is 2.16 bits per heavy atom. The van der Waals surface area contributed by atoms with Gasteiger partial charge in [0.1, 0.15) is 11.4 Å². The van der Waals surface area contributed by atoms with Gasteiger partial charge in [0.25, 0.3) is 0 Å². The average molecular weight is 382 g/mol. The number of nitrogens with zero attached hydrogens (tertiary/aromatic N) is 1. The zero-order chi connectivity index (χ0) is 18.3. The molecule has 0 amide bonds. The molecule has 0 fully saturated rings. The van der Waals surface area contributed by atoms with Gasteiger partial charge >= 0.3 is 0 Å². The van der Waals surface area contributed by atoms with Crippen LogP contribution in [0.2, 0.25) is 5.02 Å². The molecule has 136 valence electrons. The second-order valence-corrected chi connectivity index (χ2v) is 7.14. The van der Waals surface area contributed by atoms with Gasteiger partial charge in [-0.25, -0.2) is 4.99 Å². The number of aliphatic imine (C=N–C) groups is 1. The highest BCUT2D eigenvalue weighted by Gasteiger charge is 2.24. The van der Waals surface area contributed by atoms with Crippen LogP contribution in [0.5, 0.6) is 5.75 Å². The largest absolute Gasteiger partial charge is 0.496 e. The maximum atomic E-state index is 10.6. The van der Waals surface area contributed by atoms with Crippen molar-refractivity contribution in [2.75, 3.05) is 20.2 Å². The van der Waals surface area contributed by atoms with E-state index in [1.165, 1.54) is 11.3 Å². The monoisotopic (exact) mass is 381 g/mol. The first-order valence-electron chi connectivity index (χ1n) is 8.07. The van der Waals surface area contributed by atoms with Gasteiger partial charge < -0.3 is 20.5 Å². The summed E-state index contributed by atoms with van der Waals surface area (Å²) in [4.78, 5) is 5.48. The first kappa shape index (κ1) is 19.6. The fourth-order valence-electron chi connectivity index (χ4n) is 2.28.